The lowest BCUT2D eigenvalue weighted by molar-refractivity contribution is -0.107. The molecule has 0 unspecified atom stereocenters. The number of rotatable bonds is 5. The third-order valence-corrected chi connectivity index (χ3v) is 2.47. The van der Waals surface area contributed by atoms with E-state index in [4.69, 9.17) is 0 Å². The molecule has 4 nitrogen and oxygen atoms in total. The van der Waals surface area contributed by atoms with Crippen molar-refractivity contribution in [3.63, 3.8) is 0 Å². The Morgan fingerprint density at radius 1 is 1.59 bits per heavy atom. The van der Waals surface area contributed by atoms with Gasteiger partial charge in [0.15, 0.2) is 0 Å². The SMILES string of the molecule is C=C/C=C(\C)c1cnc(NC)c(N(C)C=O)c1. The molecule has 17 heavy (non-hydrogen) atoms. The first-order valence-electron chi connectivity index (χ1n) is 5.29. The summed E-state index contributed by atoms with van der Waals surface area (Å²) < 4.78 is 0. The number of pyridine rings is 1. The van der Waals surface area contributed by atoms with Gasteiger partial charge in [0.25, 0.3) is 0 Å². The summed E-state index contributed by atoms with van der Waals surface area (Å²) in [6.45, 7) is 5.63. The molecular weight excluding hydrogens is 214 g/mol. The van der Waals surface area contributed by atoms with Crippen molar-refractivity contribution in [3.8, 4) is 0 Å². The second-order valence-electron chi connectivity index (χ2n) is 3.64. The predicted octanol–water partition coefficient (Wildman–Crippen LogP) is 2.31. The zero-order chi connectivity index (χ0) is 12.8. The van der Waals surface area contributed by atoms with Gasteiger partial charge in [0, 0.05) is 20.3 Å². The van der Waals surface area contributed by atoms with E-state index in [0.29, 0.717) is 5.82 Å². The Kier molecular flexibility index (Phi) is 4.46. The summed E-state index contributed by atoms with van der Waals surface area (Å²) in [6, 6.07) is 1.92. The van der Waals surface area contributed by atoms with Crippen LogP contribution in [0.25, 0.3) is 5.57 Å². The van der Waals surface area contributed by atoms with Gasteiger partial charge in [0.2, 0.25) is 6.41 Å². The van der Waals surface area contributed by atoms with Crippen LogP contribution in [0.3, 0.4) is 0 Å². The van der Waals surface area contributed by atoms with Crippen molar-refractivity contribution < 1.29 is 4.79 Å². The molecular formula is C13H17N3O. The highest BCUT2D eigenvalue weighted by Crippen LogP contribution is 2.25. The molecule has 0 radical (unpaired) electrons. The van der Waals surface area contributed by atoms with Gasteiger partial charge in [-0.1, -0.05) is 18.7 Å². The van der Waals surface area contributed by atoms with E-state index < -0.39 is 0 Å². The van der Waals surface area contributed by atoms with Crippen LogP contribution in [0, 0.1) is 0 Å². The van der Waals surface area contributed by atoms with Crippen molar-refractivity contribution in [1.29, 1.82) is 0 Å². The van der Waals surface area contributed by atoms with Gasteiger partial charge in [-0.05, 0) is 24.1 Å². The summed E-state index contributed by atoms with van der Waals surface area (Å²) >= 11 is 0. The number of allylic oxidation sites excluding steroid dienone is 3. The monoisotopic (exact) mass is 231 g/mol. The fourth-order valence-electron chi connectivity index (χ4n) is 1.46. The van der Waals surface area contributed by atoms with Crippen LogP contribution >= 0.6 is 0 Å². The molecule has 0 bridgehead atoms. The van der Waals surface area contributed by atoms with Crippen LogP contribution in [0.15, 0.2) is 31.0 Å². The molecule has 1 aromatic rings. The Balaban J connectivity index is 3.26. The lowest BCUT2D eigenvalue weighted by Crippen LogP contribution is -2.16. The Bertz CT molecular complexity index is 452. The average molecular weight is 231 g/mol. The highest BCUT2D eigenvalue weighted by Gasteiger charge is 2.08. The Labute approximate surface area is 102 Å². The van der Waals surface area contributed by atoms with Crippen LogP contribution in [0.5, 0.6) is 0 Å². The van der Waals surface area contributed by atoms with Crippen LogP contribution in [-0.4, -0.2) is 25.5 Å². The van der Waals surface area contributed by atoms with Gasteiger partial charge in [-0.15, -0.1) is 0 Å². The Morgan fingerprint density at radius 3 is 2.82 bits per heavy atom. The van der Waals surface area contributed by atoms with Crippen molar-refractivity contribution in [1.82, 2.24) is 4.98 Å². The fourth-order valence-corrected chi connectivity index (χ4v) is 1.46. The molecule has 0 aliphatic heterocycles. The van der Waals surface area contributed by atoms with E-state index in [1.807, 2.05) is 19.1 Å². The standard InChI is InChI=1S/C13H17N3O/c1-5-6-10(2)11-7-12(16(4)9-17)13(14-3)15-8-11/h5-9H,1H2,2-4H3,(H,14,15)/b10-6+. The molecule has 1 heterocycles. The summed E-state index contributed by atoms with van der Waals surface area (Å²) in [6.07, 6.45) is 6.16. The molecule has 0 fully saturated rings. The maximum absolute atomic E-state index is 10.8. The van der Waals surface area contributed by atoms with E-state index in [-0.39, 0.29) is 0 Å². The summed E-state index contributed by atoms with van der Waals surface area (Å²) in [5.74, 6) is 0.676. The number of aromatic nitrogens is 1. The molecule has 1 N–H and O–H groups in total. The second-order valence-corrected chi connectivity index (χ2v) is 3.64. The molecule has 90 valence electrons. The fraction of sp³-hybridized carbons (Fsp3) is 0.231. The summed E-state index contributed by atoms with van der Waals surface area (Å²) in [4.78, 5) is 16.6. The first-order valence-corrected chi connectivity index (χ1v) is 5.29. The number of anilines is 2. The lowest BCUT2D eigenvalue weighted by Gasteiger charge is -2.16. The number of carbonyl (C=O) groups excluding carboxylic acids is 1. The number of nitrogens with zero attached hydrogens (tertiary/aromatic N) is 2. The van der Waals surface area contributed by atoms with Crippen LogP contribution < -0.4 is 10.2 Å². The number of carbonyl (C=O) groups is 1. The van der Waals surface area contributed by atoms with Gasteiger partial charge in [-0.2, -0.15) is 0 Å². The highest BCUT2D eigenvalue weighted by atomic mass is 16.1. The van der Waals surface area contributed by atoms with E-state index in [1.165, 1.54) is 4.90 Å². The number of nitrogens with one attached hydrogen (secondary N) is 1. The van der Waals surface area contributed by atoms with Crippen molar-refractivity contribution in [3.05, 3.63) is 36.6 Å². The third-order valence-electron chi connectivity index (χ3n) is 2.47. The van der Waals surface area contributed by atoms with Crippen LogP contribution in [0.1, 0.15) is 12.5 Å². The molecule has 4 heteroatoms. The first kappa shape index (κ1) is 13.0. The topological polar surface area (TPSA) is 45.2 Å². The maximum atomic E-state index is 10.8. The molecule has 1 rings (SSSR count). The highest BCUT2D eigenvalue weighted by molar-refractivity contribution is 5.83. The quantitative estimate of drug-likeness (QED) is 0.624. The molecule has 0 aliphatic rings. The van der Waals surface area contributed by atoms with Crippen molar-refractivity contribution in [2.45, 2.75) is 6.92 Å². The van der Waals surface area contributed by atoms with Crippen LogP contribution in [-0.2, 0) is 4.79 Å². The number of amides is 1. The van der Waals surface area contributed by atoms with E-state index >= 15 is 0 Å². The zero-order valence-electron chi connectivity index (χ0n) is 10.4. The van der Waals surface area contributed by atoms with E-state index in [9.17, 15) is 4.79 Å². The summed E-state index contributed by atoms with van der Waals surface area (Å²) in [5.41, 5.74) is 2.76. The second kappa shape index (κ2) is 5.84. The van der Waals surface area contributed by atoms with Crippen LogP contribution in [0.2, 0.25) is 0 Å². The number of hydrogen-bond acceptors (Lipinski definition) is 3. The normalized spacial score (nSPS) is 10.9. The Hall–Kier alpha value is -2.10. The van der Waals surface area contributed by atoms with E-state index in [2.05, 4.69) is 16.9 Å². The molecule has 0 atom stereocenters. The Morgan fingerprint density at radius 2 is 2.29 bits per heavy atom. The molecule has 1 amide bonds. The molecule has 0 aromatic carbocycles. The third kappa shape index (κ3) is 2.93. The van der Waals surface area contributed by atoms with Crippen LogP contribution in [0.4, 0.5) is 11.5 Å². The minimum atomic E-state index is 0.676. The molecule has 1 aromatic heterocycles. The summed E-state index contributed by atoms with van der Waals surface area (Å²) in [5, 5.41) is 2.96. The number of hydrogen-bond donors (Lipinski definition) is 1. The molecule has 0 saturated heterocycles. The van der Waals surface area contributed by atoms with Gasteiger partial charge in [-0.25, -0.2) is 4.98 Å². The largest absolute Gasteiger partial charge is 0.371 e. The maximum Gasteiger partial charge on any atom is 0.213 e. The van der Waals surface area contributed by atoms with E-state index in [1.54, 1.807) is 26.4 Å². The van der Waals surface area contributed by atoms with Gasteiger partial charge in [0.05, 0.1) is 5.69 Å². The lowest BCUT2D eigenvalue weighted by atomic mass is 10.1. The van der Waals surface area contributed by atoms with E-state index in [0.717, 1.165) is 23.2 Å². The average Bonchev–Trinajstić information content (AvgIpc) is 2.37. The minimum absolute atomic E-state index is 0.676. The summed E-state index contributed by atoms with van der Waals surface area (Å²) in [7, 11) is 3.47. The zero-order valence-corrected chi connectivity index (χ0v) is 10.4. The van der Waals surface area contributed by atoms with Gasteiger partial charge >= 0.3 is 0 Å². The van der Waals surface area contributed by atoms with Gasteiger partial charge < -0.3 is 10.2 Å². The van der Waals surface area contributed by atoms with Crippen molar-refractivity contribution in [2.24, 2.45) is 0 Å². The van der Waals surface area contributed by atoms with Gasteiger partial charge in [-0.3, -0.25) is 4.79 Å². The minimum Gasteiger partial charge on any atom is -0.371 e. The van der Waals surface area contributed by atoms with Crippen molar-refractivity contribution >= 4 is 23.5 Å². The predicted molar refractivity (Wildman–Crippen MR) is 72.1 cm³/mol. The molecule has 0 spiro atoms. The first-order chi connectivity index (χ1) is 8.13. The smallest absolute Gasteiger partial charge is 0.213 e. The molecule has 0 saturated carbocycles. The van der Waals surface area contributed by atoms with Crippen molar-refractivity contribution in [2.75, 3.05) is 24.3 Å². The van der Waals surface area contributed by atoms with Gasteiger partial charge in [0.1, 0.15) is 5.82 Å². The molecule has 0 aliphatic carbocycles.